The summed E-state index contributed by atoms with van der Waals surface area (Å²) in [5.41, 5.74) is 3.16. The molecule has 5 rings (SSSR count). The van der Waals surface area contributed by atoms with Gasteiger partial charge in [0.1, 0.15) is 23.9 Å². The highest BCUT2D eigenvalue weighted by molar-refractivity contribution is 5.94. The van der Waals surface area contributed by atoms with Gasteiger partial charge in [-0.15, -0.1) is 0 Å². The van der Waals surface area contributed by atoms with E-state index in [1.807, 2.05) is 82.3 Å². The predicted molar refractivity (Wildman–Crippen MR) is 160 cm³/mol. The average molecular weight is 590 g/mol. The van der Waals surface area contributed by atoms with Crippen molar-refractivity contribution in [2.24, 2.45) is 5.92 Å². The zero-order chi connectivity index (χ0) is 31.0. The SMILES string of the molecule is CC1(c2ccc(OCc3ccnc4ccccc34)cc2)CCN(C(C(=O)NO)C2CC[N+](C(=O)O)(C(C)(C)C)CC2)C1=O. The maximum Gasteiger partial charge on any atom is 0.513 e. The van der Waals surface area contributed by atoms with E-state index in [0.717, 1.165) is 22.0 Å². The number of hydrogen-bond acceptors (Lipinski definition) is 6. The second-order valence-corrected chi connectivity index (χ2v) is 13.0. The lowest BCUT2D eigenvalue weighted by Crippen LogP contribution is -2.67. The Balaban J connectivity index is 1.30. The van der Waals surface area contributed by atoms with Gasteiger partial charge in [0.25, 0.3) is 5.91 Å². The van der Waals surface area contributed by atoms with Crippen LogP contribution in [0.25, 0.3) is 10.9 Å². The molecule has 3 aromatic rings. The fraction of sp³-hybridized carbons (Fsp3) is 0.455. The summed E-state index contributed by atoms with van der Waals surface area (Å²) in [6, 6.07) is 16.5. The number of hydrogen-bond donors (Lipinski definition) is 3. The van der Waals surface area contributed by atoms with Gasteiger partial charge in [-0.25, -0.2) is 9.96 Å². The van der Waals surface area contributed by atoms with Gasteiger partial charge in [-0.1, -0.05) is 30.3 Å². The highest BCUT2D eigenvalue weighted by atomic mass is 16.5. The van der Waals surface area contributed by atoms with Crippen molar-refractivity contribution < 1.29 is 33.9 Å². The summed E-state index contributed by atoms with van der Waals surface area (Å²) in [6.45, 7) is 9.03. The molecule has 2 aliphatic rings. The number of carboxylic acid groups (broad SMARTS) is 1. The Kier molecular flexibility index (Phi) is 8.20. The molecule has 10 nitrogen and oxygen atoms in total. The normalized spacial score (nSPS) is 25.0. The van der Waals surface area contributed by atoms with E-state index in [1.54, 1.807) is 16.6 Å². The number of aromatic nitrogens is 1. The summed E-state index contributed by atoms with van der Waals surface area (Å²) in [7, 11) is 0. The number of benzene rings is 2. The summed E-state index contributed by atoms with van der Waals surface area (Å²) in [5, 5.41) is 20.7. The Labute approximate surface area is 251 Å². The molecule has 3 N–H and O–H groups in total. The molecule has 2 unspecified atom stereocenters. The fourth-order valence-corrected chi connectivity index (χ4v) is 6.93. The Morgan fingerprint density at radius 3 is 2.42 bits per heavy atom. The lowest BCUT2D eigenvalue weighted by molar-refractivity contribution is -0.909. The highest BCUT2D eigenvalue weighted by Crippen LogP contribution is 2.41. The molecule has 0 aliphatic carbocycles. The number of nitrogens with one attached hydrogen (secondary N) is 1. The molecule has 2 aromatic carbocycles. The first-order valence-corrected chi connectivity index (χ1v) is 14.8. The first-order valence-electron chi connectivity index (χ1n) is 14.8. The van der Waals surface area contributed by atoms with Crippen LogP contribution in [0.4, 0.5) is 4.79 Å². The van der Waals surface area contributed by atoms with Crippen molar-refractivity contribution in [3.8, 4) is 5.75 Å². The standard InChI is InChI=1S/C33H40N4O6/c1-32(2,3)37(31(40)41)19-14-22(15-20-37)28(29(38)35-42)36-18-16-33(4,30(36)39)24-9-11-25(12-10-24)43-21-23-13-17-34-27-8-6-5-7-26(23)27/h5-13,17,22,28H,14-16,18-21H2,1-4H3,(H2-,35,38,40,41,42)/p+1. The van der Waals surface area contributed by atoms with Crippen molar-refractivity contribution in [3.05, 3.63) is 71.9 Å². The van der Waals surface area contributed by atoms with Crippen molar-refractivity contribution in [3.63, 3.8) is 0 Å². The van der Waals surface area contributed by atoms with Gasteiger partial charge in [0, 0.05) is 36.5 Å². The number of nitrogens with zero attached hydrogens (tertiary/aromatic N) is 3. The van der Waals surface area contributed by atoms with E-state index >= 15 is 0 Å². The fourth-order valence-electron chi connectivity index (χ4n) is 6.93. The molecule has 0 saturated carbocycles. The highest BCUT2D eigenvalue weighted by Gasteiger charge is 2.54. The third kappa shape index (κ3) is 5.45. The lowest BCUT2D eigenvalue weighted by atomic mass is 9.80. The minimum Gasteiger partial charge on any atom is -0.489 e. The van der Waals surface area contributed by atoms with Crippen molar-refractivity contribution in [2.45, 2.75) is 70.6 Å². The number of fused-ring (bicyclic) bond motifs is 1. The van der Waals surface area contributed by atoms with E-state index in [4.69, 9.17) is 4.74 Å². The molecule has 1 aromatic heterocycles. The van der Waals surface area contributed by atoms with Gasteiger partial charge in [-0.05, 0) is 69.9 Å². The second kappa shape index (κ2) is 11.6. The summed E-state index contributed by atoms with van der Waals surface area (Å²) in [4.78, 5) is 45.3. The van der Waals surface area contributed by atoms with E-state index in [-0.39, 0.29) is 16.3 Å². The summed E-state index contributed by atoms with van der Waals surface area (Å²) in [6.07, 6.45) is 2.28. The van der Waals surface area contributed by atoms with Crippen LogP contribution in [0, 0.1) is 5.92 Å². The van der Waals surface area contributed by atoms with Gasteiger partial charge in [-0.3, -0.25) is 19.8 Å². The molecule has 0 spiro atoms. The molecular weight excluding hydrogens is 548 g/mol. The topological polar surface area (TPSA) is 129 Å². The number of likely N-dealkylation sites (tertiary alicyclic amines) is 2. The van der Waals surface area contributed by atoms with Crippen molar-refractivity contribution in [2.75, 3.05) is 19.6 Å². The minimum absolute atomic E-state index is 0.103. The molecule has 2 fully saturated rings. The number of ether oxygens (including phenoxy) is 1. The van der Waals surface area contributed by atoms with Gasteiger partial charge in [0.05, 0.1) is 24.0 Å². The van der Waals surface area contributed by atoms with Crippen LogP contribution in [0.15, 0.2) is 60.8 Å². The Morgan fingerprint density at radius 1 is 1.12 bits per heavy atom. The molecule has 10 heteroatoms. The van der Waals surface area contributed by atoms with Crippen molar-refractivity contribution in [1.82, 2.24) is 15.4 Å². The Bertz CT molecular complexity index is 1500. The zero-order valence-corrected chi connectivity index (χ0v) is 25.2. The van der Waals surface area contributed by atoms with E-state index in [0.29, 0.717) is 51.3 Å². The molecule has 2 atom stereocenters. The Hall–Kier alpha value is -4.02. The van der Waals surface area contributed by atoms with Crippen molar-refractivity contribution >= 4 is 28.8 Å². The number of rotatable bonds is 7. The van der Waals surface area contributed by atoms with Crippen LogP contribution in [0.5, 0.6) is 5.75 Å². The smallest absolute Gasteiger partial charge is 0.489 e. The number of para-hydroxylation sites is 1. The van der Waals surface area contributed by atoms with E-state index < -0.39 is 29.0 Å². The van der Waals surface area contributed by atoms with E-state index in [9.17, 15) is 24.7 Å². The lowest BCUT2D eigenvalue weighted by Gasteiger charge is -2.48. The van der Waals surface area contributed by atoms with Crippen molar-refractivity contribution in [1.29, 1.82) is 0 Å². The number of carbonyl (C=O) groups is 3. The number of piperidine rings is 1. The first-order chi connectivity index (χ1) is 20.4. The minimum atomic E-state index is -0.888. The predicted octanol–water partition coefficient (Wildman–Crippen LogP) is 4.88. The average Bonchev–Trinajstić information content (AvgIpc) is 3.30. The summed E-state index contributed by atoms with van der Waals surface area (Å²) < 4.78 is 5.97. The molecule has 2 aliphatic heterocycles. The van der Waals surface area contributed by atoms with E-state index in [1.165, 1.54) is 0 Å². The molecule has 43 heavy (non-hydrogen) atoms. The van der Waals surface area contributed by atoms with Gasteiger partial charge in [0.2, 0.25) is 5.91 Å². The molecule has 2 saturated heterocycles. The van der Waals surface area contributed by atoms with Crippen LogP contribution in [0.2, 0.25) is 0 Å². The van der Waals surface area contributed by atoms with Crippen LogP contribution < -0.4 is 10.2 Å². The first kappa shape index (κ1) is 30.4. The van der Waals surface area contributed by atoms with Crippen LogP contribution in [-0.4, -0.2) is 73.8 Å². The van der Waals surface area contributed by atoms with Gasteiger partial charge in [-0.2, -0.15) is 4.79 Å². The summed E-state index contributed by atoms with van der Waals surface area (Å²) in [5.74, 6) is -0.417. The maximum atomic E-state index is 14.0. The molecule has 0 radical (unpaired) electrons. The number of quaternary nitrogens is 1. The number of pyridine rings is 1. The molecule has 3 heterocycles. The third-order valence-electron chi connectivity index (χ3n) is 9.79. The molecule has 228 valence electrons. The number of hydroxylamine groups is 1. The molecular formula is C33H41N4O6+. The van der Waals surface area contributed by atoms with Crippen LogP contribution in [0.1, 0.15) is 58.1 Å². The van der Waals surface area contributed by atoms with Crippen LogP contribution >= 0.6 is 0 Å². The number of amides is 3. The molecule has 0 bridgehead atoms. The largest absolute Gasteiger partial charge is 0.513 e. The zero-order valence-electron chi connectivity index (χ0n) is 25.2. The van der Waals surface area contributed by atoms with Crippen LogP contribution in [0.3, 0.4) is 0 Å². The van der Waals surface area contributed by atoms with Gasteiger partial charge in [0.15, 0.2) is 0 Å². The number of carbonyl (C=O) groups excluding carboxylic acids is 2. The summed E-state index contributed by atoms with van der Waals surface area (Å²) >= 11 is 0. The van der Waals surface area contributed by atoms with Gasteiger partial charge < -0.3 is 14.7 Å². The monoisotopic (exact) mass is 589 g/mol. The Morgan fingerprint density at radius 2 is 1.79 bits per heavy atom. The van der Waals surface area contributed by atoms with Gasteiger partial charge >= 0.3 is 6.09 Å². The maximum absolute atomic E-state index is 14.0. The van der Waals surface area contributed by atoms with E-state index in [2.05, 4.69) is 4.98 Å². The van der Waals surface area contributed by atoms with Crippen LogP contribution in [-0.2, 0) is 21.6 Å². The molecule has 3 amide bonds. The quantitative estimate of drug-likeness (QED) is 0.204. The third-order valence-corrected chi connectivity index (χ3v) is 9.79. The second-order valence-electron chi connectivity index (χ2n) is 13.0.